The summed E-state index contributed by atoms with van der Waals surface area (Å²) in [5.74, 6) is -0.813. The fourth-order valence-electron chi connectivity index (χ4n) is 6.42. The van der Waals surface area contributed by atoms with Crippen LogP contribution in [0, 0.1) is 0 Å². The summed E-state index contributed by atoms with van der Waals surface area (Å²) in [6.07, 6.45) is 39.7. The Morgan fingerprint density at radius 3 is 1.38 bits per heavy atom. The number of phosphoric acid groups is 1. The molecule has 10 heteroatoms. The number of rotatable bonds is 42. The largest absolute Gasteiger partial charge is 0.472 e. The molecule has 0 aliphatic carbocycles. The predicted molar refractivity (Wildman–Crippen MR) is 229 cm³/mol. The van der Waals surface area contributed by atoms with E-state index in [1.165, 1.54) is 141 Å². The van der Waals surface area contributed by atoms with E-state index in [9.17, 15) is 19.0 Å². The molecule has 1 unspecified atom stereocenters. The van der Waals surface area contributed by atoms with E-state index in [0.29, 0.717) is 23.9 Å². The number of nitrogens with zero attached hydrogens (tertiary/aromatic N) is 1. The van der Waals surface area contributed by atoms with E-state index < -0.39 is 26.5 Å². The maximum Gasteiger partial charge on any atom is 0.472 e. The van der Waals surface area contributed by atoms with Crippen molar-refractivity contribution >= 4 is 19.8 Å². The Bertz CT molecular complexity index is 954. The van der Waals surface area contributed by atoms with Crippen molar-refractivity contribution in [1.82, 2.24) is 0 Å². The van der Waals surface area contributed by atoms with Crippen LogP contribution in [0.3, 0.4) is 0 Å². The van der Waals surface area contributed by atoms with Crippen molar-refractivity contribution in [2.45, 2.75) is 219 Å². The van der Waals surface area contributed by atoms with Crippen LogP contribution >= 0.6 is 7.82 Å². The van der Waals surface area contributed by atoms with Gasteiger partial charge >= 0.3 is 19.8 Å². The van der Waals surface area contributed by atoms with Gasteiger partial charge in [-0.05, 0) is 38.5 Å². The first kappa shape index (κ1) is 53.8. The van der Waals surface area contributed by atoms with Crippen LogP contribution in [0.25, 0.3) is 0 Å². The second kappa shape index (κ2) is 38.3. The molecule has 0 saturated carbocycles. The summed E-state index contributed by atoms with van der Waals surface area (Å²) in [5.41, 5.74) is 0. The maximum atomic E-state index is 12.7. The summed E-state index contributed by atoms with van der Waals surface area (Å²) in [6, 6.07) is 0. The van der Waals surface area contributed by atoms with E-state index in [0.717, 1.165) is 32.1 Å². The zero-order valence-electron chi connectivity index (χ0n) is 36.7. The summed E-state index contributed by atoms with van der Waals surface area (Å²) >= 11 is 0. The molecule has 0 aliphatic rings. The average Bonchev–Trinajstić information content (AvgIpc) is 3.13. The van der Waals surface area contributed by atoms with Crippen LogP contribution in [0.1, 0.15) is 213 Å². The molecule has 0 spiro atoms. The Morgan fingerprint density at radius 2 is 0.927 bits per heavy atom. The van der Waals surface area contributed by atoms with Gasteiger partial charge in [0.1, 0.15) is 19.8 Å². The van der Waals surface area contributed by atoms with Crippen LogP contribution in [-0.4, -0.2) is 74.9 Å². The van der Waals surface area contributed by atoms with Crippen LogP contribution in [-0.2, 0) is 32.7 Å². The van der Waals surface area contributed by atoms with Crippen molar-refractivity contribution in [3.05, 3.63) is 12.2 Å². The Kier molecular flexibility index (Phi) is 37.4. The highest BCUT2D eigenvalue weighted by Gasteiger charge is 2.27. The molecular formula is C45H89NO8P+. The first-order valence-corrected chi connectivity index (χ1v) is 24.4. The third-order valence-electron chi connectivity index (χ3n) is 10.0. The molecule has 0 radical (unpaired) electrons. The number of unbranched alkanes of at least 4 members (excludes halogenated alkanes) is 26. The van der Waals surface area contributed by atoms with E-state index in [1.807, 2.05) is 21.1 Å². The van der Waals surface area contributed by atoms with Crippen LogP contribution < -0.4 is 0 Å². The lowest BCUT2D eigenvalue weighted by atomic mass is 10.0. The number of carbonyl (C=O) groups excluding carboxylic acids is 2. The maximum absolute atomic E-state index is 12.7. The number of hydrogen-bond donors (Lipinski definition) is 1. The third kappa shape index (κ3) is 42.2. The van der Waals surface area contributed by atoms with Crippen molar-refractivity contribution in [1.29, 1.82) is 0 Å². The summed E-state index contributed by atoms with van der Waals surface area (Å²) in [7, 11) is 1.48. The van der Waals surface area contributed by atoms with Crippen molar-refractivity contribution < 1.29 is 42.1 Å². The van der Waals surface area contributed by atoms with Gasteiger partial charge in [-0.2, -0.15) is 0 Å². The number of quaternary nitrogens is 1. The van der Waals surface area contributed by atoms with Gasteiger partial charge in [0.25, 0.3) is 0 Å². The number of allylic oxidation sites excluding steroid dienone is 2. The van der Waals surface area contributed by atoms with E-state index >= 15 is 0 Å². The van der Waals surface area contributed by atoms with E-state index in [1.54, 1.807) is 0 Å². The highest BCUT2D eigenvalue weighted by atomic mass is 31.2. The molecule has 0 bridgehead atoms. The number of esters is 2. The zero-order chi connectivity index (χ0) is 40.7. The summed E-state index contributed by atoms with van der Waals surface area (Å²) in [6.45, 7) is 4.43. The molecule has 0 amide bonds. The minimum absolute atomic E-state index is 0.0322. The first-order chi connectivity index (χ1) is 26.5. The fraction of sp³-hybridized carbons (Fsp3) is 0.911. The number of carbonyl (C=O) groups is 2. The summed E-state index contributed by atoms with van der Waals surface area (Å²) in [4.78, 5) is 35.4. The monoisotopic (exact) mass is 803 g/mol. The van der Waals surface area contributed by atoms with Gasteiger partial charge < -0.3 is 18.9 Å². The lowest BCUT2D eigenvalue weighted by Gasteiger charge is -2.24. The Labute approximate surface area is 339 Å². The third-order valence-corrected chi connectivity index (χ3v) is 11.0. The van der Waals surface area contributed by atoms with Gasteiger partial charge in [-0.3, -0.25) is 18.6 Å². The smallest absolute Gasteiger partial charge is 0.462 e. The molecule has 0 aromatic rings. The van der Waals surface area contributed by atoms with Gasteiger partial charge in [0, 0.05) is 12.8 Å². The molecule has 2 atom stereocenters. The number of ether oxygens (including phenoxy) is 2. The Balaban J connectivity index is 4.33. The molecule has 326 valence electrons. The number of phosphoric ester groups is 1. The molecule has 0 rings (SSSR count). The minimum Gasteiger partial charge on any atom is -0.462 e. The normalized spacial score (nSPS) is 13.6. The molecule has 1 N–H and O–H groups in total. The van der Waals surface area contributed by atoms with Crippen molar-refractivity contribution in [2.75, 3.05) is 47.5 Å². The van der Waals surface area contributed by atoms with E-state index in [2.05, 4.69) is 26.0 Å². The second-order valence-corrected chi connectivity index (χ2v) is 18.2. The summed E-state index contributed by atoms with van der Waals surface area (Å²) in [5, 5.41) is 0. The average molecular weight is 803 g/mol. The Morgan fingerprint density at radius 1 is 0.545 bits per heavy atom. The molecule has 9 nitrogen and oxygen atoms in total. The lowest BCUT2D eigenvalue weighted by molar-refractivity contribution is -0.870. The van der Waals surface area contributed by atoms with Gasteiger partial charge in [-0.1, -0.05) is 174 Å². The van der Waals surface area contributed by atoms with Gasteiger partial charge in [0.15, 0.2) is 6.10 Å². The molecule has 0 saturated heterocycles. The van der Waals surface area contributed by atoms with Crippen LogP contribution in [0.5, 0.6) is 0 Å². The highest BCUT2D eigenvalue weighted by Crippen LogP contribution is 2.43. The standard InChI is InChI=1S/C45H88NO8P/c1-6-8-10-12-14-16-18-20-22-24-26-28-30-32-34-36-38-45(48)54-43(42-53-55(49,50)52-40-39-46(3,4)5)41-51-44(47)37-35-33-31-29-27-25-23-21-19-17-15-13-11-9-7-2/h27,29,43H,6-26,28,30-42H2,1-5H3/p+1/b29-27+/t43-/m1/s1. The zero-order valence-corrected chi connectivity index (χ0v) is 37.6. The predicted octanol–water partition coefficient (Wildman–Crippen LogP) is 13.0. The SMILES string of the molecule is CCCCCCCCCCC/C=C/CCCCC(=O)OC[C@H](COP(=O)(O)OCC[N+](C)(C)C)OC(=O)CCCCCCCCCCCCCCCCCC. The molecule has 55 heavy (non-hydrogen) atoms. The highest BCUT2D eigenvalue weighted by molar-refractivity contribution is 7.47. The number of likely N-dealkylation sites (N-methyl/N-ethyl adjacent to an activating group) is 1. The first-order valence-electron chi connectivity index (χ1n) is 22.9. The van der Waals surface area contributed by atoms with Crippen LogP contribution in [0.15, 0.2) is 12.2 Å². The van der Waals surface area contributed by atoms with Gasteiger partial charge in [0.05, 0.1) is 27.7 Å². The summed E-state index contributed by atoms with van der Waals surface area (Å²) < 4.78 is 34.3. The lowest BCUT2D eigenvalue weighted by Crippen LogP contribution is -2.37. The minimum atomic E-state index is -4.37. The van der Waals surface area contributed by atoms with E-state index in [-0.39, 0.29) is 32.0 Å². The van der Waals surface area contributed by atoms with E-state index in [4.69, 9.17) is 18.5 Å². The van der Waals surface area contributed by atoms with Gasteiger partial charge in [-0.15, -0.1) is 0 Å². The van der Waals surface area contributed by atoms with Crippen LogP contribution in [0.2, 0.25) is 0 Å². The van der Waals surface area contributed by atoms with Gasteiger partial charge in [0.2, 0.25) is 0 Å². The topological polar surface area (TPSA) is 108 Å². The molecule has 0 aliphatic heterocycles. The number of hydrogen-bond acceptors (Lipinski definition) is 7. The van der Waals surface area contributed by atoms with Crippen LogP contribution in [0.4, 0.5) is 0 Å². The Hall–Kier alpha value is -1.25. The molecular weight excluding hydrogens is 713 g/mol. The van der Waals surface area contributed by atoms with Crippen molar-refractivity contribution in [3.63, 3.8) is 0 Å². The quantitative estimate of drug-likeness (QED) is 0.0214. The molecule has 0 heterocycles. The molecule has 0 aromatic carbocycles. The van der Waals surface area contributed by atoms with Crippen molar-refractivity contribution in [3.8, 4) is 0 Å². The second-order valence-electron chi connectivity index (χ2n) is 16.8. The fourth-order valence-corrected chi connectivity index (χ4v) is 7.16. The van der Waals surface area contributed by atoms with Gasteiger partial charge in [-0.25, -0.2) is 4.57 Å². The van der Waals surface area contributed by atoms with Crippen molar-refractivity contribution in [2.24, 2.45) is 0 Å². The molecule has 0 fully saturated rings. The molecule has 0 aromatic heterocycles.